The number of carbonyl (C=O) groups is 4. The lowest BCUT2D eigenvalue weighted by Gasteiger charge is -2.46. The summed E-state index contributed by atoms with van der Waals surface area (Å²) in [6.07, 6.45) is 3.69. The van der Waals surface area contributed by atoms with Crippen LogP contribution in [-0.4, -0.2) is 90.1 Å². The number of carbonyl (C=O) groups excluding carboxylic acids is 4. The lowest BCUT2D eigenvalue weighted by Crippen LogP contribution is -2.55. The molecule has 1 spiro atoms. The monoisotopic (exact) mass is 1030 g/mol. The molecule has 4 amide bonds. The number of cyclic esters (lactones) is 1. The van der Waals surface area contributed by atoms with E-state index in [1.807, 2.05) is 127 Å². The number of ether oxygens (including phenoxy) is 3. The van der Waals surface area contributed by atoms with Gasteiger partial charge in [-0.3, -0.25) is 19.3 Å². The van der Waals surface area contributed by atoms with Crippen molar-refractivity contribution in [2.75, 3.05) is 54.6 Å². The van der Waals surface area contributed by atoms with Crippen LogP contribution in [0.15, 0.2) is 158 Å². The third kappa shape index (κ3) is 9.74. The zero-order valence-corrected chi connectivity index (χ0v) is 43.1. The molecule has 6 aromatic carbocycles. The molecule has 4 aliphatic heterocycles. The Labute approximate surface area is 448 Å². The Hall–Kier alpha value is -7.80. The molecule has 1 aliphatic carbocycles. The van der Waals surface area contributed by atoms with Gasteiger partial charge in [0, 0.05) is 35.6 Å². The molecule has 3 saturated heterocycles. The van der Waals surface area contributed by atoms with Crippen LogP contribution in [0.25, 0.3) is 0 Å². The second kappa shape index (κ2) is 22.0. The Morgan fingerprint density at radius 3 is 2.12 bits per heavy atom. The smallest absolute Gasteiger partial charge is 0.329 e. The van der Waals surface area contributed by atoms with Gasteiger partial charge in [-0.05, 0) is 103 Å². The van der Waals surface area contributed by atoms with Crippen LogP contribution >= 0.6 is 0 Å². The number of fused-ring (bicyclic) bond motifs is 3. The molecule has 1 saturated carbocycles. The second-order valence-electron chi connectivity index (χ2n) is 20.7. The van der Waals surface area contributed by atoms with Crippen molar-refractivity contribution in [2.45, 2.75) is 86.7 Å². The number of hydrogen-bond acceptors (Lipinski definition) is 11. The average molecular weight is 1030 g/mol. The maximum atomic E-state index is 17.0. The Balaban J connectivity index is 1.18. The van der Waals surface area contributed by atoms with Gasteiger partial charge in [-0.15, -0.1) is 0 Å². The van der Waals surface area contributed by atoms with Gasteiger partial charge in [0.15, 0.2) is 0 Å². The topological polar surface area (TPSA) is 170 Å². The summed E-state index contributed by atoms with van der Waals surface area (Å²) in [6, 6.07) is 43.3. The van der Waals surface area contributed by atoms with E-state index in [0.717, 1.165) is 47.4 Å². The van der Waals surface area contributed by atoms with Crippen molar-refractivity contribution in [3.63, 3.8) is 0 Å². The molecular formula is C63H63N5O9. The highest BCUT2D eigenvalue weighted by molar-refractivity contribution is 6.25. The molecule has 0 bridgehead atoms. The number of nitrogens with zero attached hydrogens (tertiary/aromatic N) is 3. The maximum absolute atomic E-state index is 17.0. The van der Waals surface area contributed by atoms with Gasteiger partial charge in [0.05, 0.1) is 49.6 Å². The molecule has 0 radical (unpaired) electrons. The number of nitrogens with one attached hydrogen (secondary N) is 2. The summed E-state index contributed by atoms with van der Waals surface area (Å²) in [5.74, 6) is 3.01. The first-order chi connectivity index (χ1) is 37.6. The number of imide groups is 1. The van der Waals surface area contributed by atoms with Crippen LogP contribution in [0.3, 0.4) is 0 Å². The van der Waals surface area contributed by atoms with Crippen LogP contribution in [0.5, 0.6) is 5.75 Å². The predicted octanol–water partition coefficient (Wildman–Crippen LogP) is 9.11. The molecule has 14 nitrogen and oxygen atoms in total. The van der Waals surface area contributed by atoms with Crippen molar-refractivity contribution >= 4 is 40.9 Å². The standard InChI is InChI=1S/C63H63N5O9/c1-42(44-17-7-4-8-18-44)64-61(73)67-51-30-25-43(31-34-62(74)32-15-2-3-16-33-62)41-50(51)63(60(67)72)53(58(70)65-47-26-28-48(29-27-47)66-35-38-75-39-36-66)55-59(71)77-56(46-21-11-6-12-22-46)54(45-19-9-5-10-20-45)68(55)57(63)49-23-13-14-24-52(49)76-40-37-69/h4-14,17-30,41-42,53-57,69,74H,2-3,15-16,32-33,35-40H2,1H3,(H,64,73)(H,65,70)/t42-,53-,54-,55-,56+,57+,63-/m1/s1. The first-order valence-corrected chi connectivity index (χ1v) is 26.8. The van der Waals surface area contributed by atoms with Gasteiger partial charge in [0.1, 0.15) is 35.5 Å². The Bertz CT molecular complexity index is 3170. The molecule has 0 aromatic heterocycles. The Morgan fingerprint density at radius 1 is 0.779 bits per heavy atom. The molecule has 0 unspecified atom stereocenters. The minimum absolute atomic E-state index is 0.111. The van der Waals surface area contributed by atoms with Gasteiger partial charge in [-0.25, -0.2) is 9.69 Å². The molecule has 394 valence electrons. The summed E-state index contributed by atoms with van der Waals surface area (Å²) in [4.78, 5) is 69.7. The Morgan fingerprint density at radius 2 is 1.43 bits per heavy atom. The van der Waals surface area contributed by atoms with Crippen molar-refractivity contribution in [3.8, 4) is 17.6 Å². The minimum atomic E-state index is -2.13. The quantitative estimate of drug-likeness (QED) is 0.0555. The number of aliphatic hydroxyl groups excluding tert-OH is 1. The number of benzene rings is 6. The third-order valence-electron chi connectivity index (χ3n) is 16.0. The number of aliphatic hydroxyl groups is 2. The minimum Gasteiger partial charge on any atom is -0.491 e. The molecule has 5 aliphatic rings. The van der Waals surface area contributed by atoms with Crippen molar-refractivity contribution in [2.24, 2.45) is 5.92 Å². The first-order valence-electron chi connectivity index (χ1n) is 26.8. The van der Waals surface area contributed by atoms with Gasteiger partial charge in [-0.2, -0.15) is 0 Å². The summed E-state index contributed by atoms with van der Waals surface area (Å²) in [6.45, 7) is 3.98. The maximum Gasteiger partial charge on any atom is 0.329 e. The normalized spacial score (nSPS) is 24.1. The van der Waals surface area contributed by atoms with E-state index in [0.29, 0.717) is 67.3 Å². The van der Waals surface area contributed by atoms with E-state index in [-0.39, 0.29) is 24.5 Å². The van der Waals surface area contributed by atoms with Crippen LogP contribution < -0.4 is 25.2 Å². The van der Waals surface area contributed by atoms with Crippen molar-refractivity contribution in [1.29, 1.82) is 0 Å². The number of anilines is 3. The van der Waals surface area contributed by atoms with E-state index in [4.69, 9.17) is 14.2 Å². The summed E-state index contributed by atoms with van der Waals surface area (Å²) >= 11 is 0. The van der Waals surface area contributed by atoms with E-state index in [1.54, 1.807) is 42.5 Å². The highest BCUT2D eigenvalue weighted by atomic mass is 16.6. The number of morpholine rings is 2. The van der Waals surface area contributed by atoms with Gasteiger partial charge in [-0.1, -0.05) is 134 Å². The van der Waals surface area contributed by atoms with E-state index in [1.165, 1.54) is 0 Å². The fourth-order valence-corrected chi connectivity index (χ4v) is 12.4. The summed E-state index contributed by atoms with van der Waals surface area (Å²) in [5, 5.41) is 28.4. The van der Waals surface area contributed by atoms with Crippen LogP contribution in [0.2, 0.25) is 0 Å². The number of urea groups is 1. The first kappa shape index (κ1) is 51.3. The zero-order valence-electron chi connectivity index (χ0n) is 43.1. The fraction of sp³-hybridized carbons (Fsp3) is 0.333. The van der Waals surface area contributed by atoms with Crippen LogP contribution in [-0.2, 0) is 29.3 Å². The molecule has 77 heavy (non-hydrogen) atoms. The molecule has 4 heterocycles. The van der Waals surface area contributed by atoms with Gasteiger partial charge in [0.25, 0.3) is 0 Å². The number of para-hydroxylation sites is 1. The van der Waals surface area contributed by atoms with Crippen molar-refractivity contribution < 1.29 is 43.6 Å². The van der Waals surface area contributed by atoms with Gasteiger partial charge < -0.3 is 40.0 Å². The predicted molar refractivity (Wildman–Crippen MR) is 292 cm³/mol. The average Bonchev–Trinajstić information content (AvgIpc) is 3.15. The molecule has 11 rings (SSSR count). The second-order valence-corrected chi connectivity index (χ2v) is 20.7. The van der Waals surface area contributed by atoms with Crippen LogP contribution in [0.4, 0.5) is 21.9 Å². The fourth-order valence-electron chi connectivity index (χ4n) is 12.4. The summed E-state index contributed by atoms with van der Waals surface area (Å²) in [5.41, 5.74) is 1.54. The molecular weight excluding hydrogens is 971 g/mol. The molecule has 7 atom stereocenters. The van der Waals surface area contributed by atoms with E-state index in [2.05, 4.69) is 27.4 Å². The Kier molecular flexibility index (Phi) is 14.7. The highest BCUT2D eigenvalue weighted by Gasteiger charge is 2.76. The van der Waals surface area contributed by atoms with E-state index >= 15 is 19.2 Å². The van der Waals surface area contributed by atoms with Crippen LogP contribution in [0, 0.1) is 17.8 Å². The number of rotatable bonds is 11. The lowest BCUT2D eigenvalue weighted by atomic mass is 9.65. The number of amides is 4. The van der Waals surface area contributed by atoms with E-state index in [9.17, 15) is 10.2 Å². The molecule has 4 N–H and O–H groups in total. The molecule has 14 heteroatoms. The number of hydrogen-bond donors (Lipinski definition) is 4. The van der Waals surface area contributed by atoms with E-state index < -0.39 is 71.0 Å². The van der Waals surface area contributed by atoms with Crippen molar-refractivity contribution in [3.05, 3.63) is 191 Å². The largest absolute Gasteiger partial charge is 0.491 e. The highest BCUT2D eigenvalue weighted by Crippen LogP contribution is 2.67. The molecule has 6 aromatic rings. The third-order valence-corrected chi connectivity index (χ3v) is 16.0. The SMILES string of the molecule is C[C@@H](NC(=O)N1C(=O)[C@@]2(c3cc(C#CC4(O)CCCCCC4)ccc31)[C@H](c1ccccc1OCCO)N1[C@H](c3ccccc3)[C@H](c3ccccc3)OC(=O)[C@H]1[C@@H]2C(=O)Nc1ccc(N2CCOCC2)cc1)c1ccccc1. The zero-order chi connectivity index (χ0) is 53.1. The lowest BCUT2D eigenvalue weighted by molar-refractivity contribution is -0.177. The molecule has 4 fully saturated rings. The van der Waals surface area contributed by atoms with Gasteiger partial charge >= 0.3 is 12.0 Å². The summed E-state index contributed by atoms with van der Waals surface area (Å²) < 4.78 is 18.7. The van der Waals surface area contributed by atoms with Crippen molar-refractivity contribution in [1.82, 2.24) is 10.2 Å². The van der Waals surface area contributed by atoms with Crippen LogP contribution in [0.1, 0.15) is 103 Å². The summed E-state index contributed by atoms with van der Waals surface area (Å²) in [7, 11) is 0. The van der Waals surface area contributed by atoms with Gasteiger partial charge in [0.2, 0.25) is 11.8 Å². The number of esters is 1.